The number of hydrogen-bond acceptors (Lipinski definition) is 9. The molecule has 12 nitrogen and oxygen atoms in total. The number of carbonyl (C=O) groups excluding carboxylic acids is 3. The van der Waals surface area contributed by atoms with E-state index in [1.807, 2.05) is 26.8 Å². The Balaban J connectivity index is 1.24. The molecule has 13 atom stereocenters. The van der Waals surface area contributed by atoms with Crippen molar-refractivity contribution in [2.75, 3.05) is 0 Å². The summed E-state index contributed by atoms with van der Waals surface area (Å²) >= 11 is 6.15. The monoisotopic (exact) mass is 820 g/mol. The van der Waals surface area contributed by atoms with Crippen molar-refractivity contribution in [2.45, 2.75) is 129 Å². The molecule has 7 rings (SSSR count). The minimum Gasteiger partial charge on any atom is -0.511 e. The highest BCUT2D eigenvalue weighted by Gasteiger charge is 2.67. The van der Waals surface area contributed by atoms with E-state index in [9.17, 15) is 29.7 Å². The average molecular weight is 821 g/mol. The van der Waals surface area contributed by atoms with Gasteiger partial charge in [-0.25, -0.2) is 9.59 Å². The minimum absolute atomic E-state index is 0.0169. The summed E-state index contributed by atoms with van der Waals surface area (Å²) in [7, 11) is 0. The SMILES string of the molecule is CCC1CC23OC(=O)C(=C(O)C4(CC)C(C=CC5C(OC6CC(O)C(NC(=O)c7[nH]ccc7Cl)C(C)O6)C(C)CCC54)CC=CCC(C)=CC2(C)C=C1C(=O)O)C3=O. The summed E-state index contributed by atoms with van der Waals surface area (Å²) in [6.07, 6.45) is 14.1. The lowest BCUT2D eigenvalue weighted by molar-refractivity contribution is -0.258. The van der Waals surface area contributed by atoms with Crippen LogP contribution in [0.4, 0.5) is 0 Å². The molecule has 13 heteroatoms. The van der Waals surface area contributed by atoms with Crippen LogP contribution in [0.25, 0.3) is 0 Å². The topological polar surface area (TPSA) is 184 Å². The number of H-pyrrole nitrogens is 1. The molecule has 2 saturated heterocycles. The third kappa shape index (κ3) is 6.81. The van der Waals surface area contributed by atoms with Crippen molar-refractivity contribution in [3.8, 4) is 0 Å². The summed E-state index contributed by atoms with van der Waals surface area (Å²) in [5, 5.41) is 37.5. The van der Waals surface area contributed by atoms with Crippen LogP contribution in [-0.2, 0) is 28.6 Å². The largest absolute Gasteiger partial charge is 0.511 e. The number of esters is 1. The molecule has 3 fully saturated rings. The number of carboxylic acids is 1. The molecular weight excluding hydrogens is 764 g/mol. The number of fused-ring (bicyclic) bond motifs is 4. The Hall–Kier alpha value is -3.97. The number of ether oxygens (including phenoxy) is 3. The van der Waals surface area contributed by atoms with E-state index in [1.165, 1.54) is 0 Å². The van der Waals surface area contributed by atoms with Crippen LogP contribution < -0.4 is 5.32 Å². The number of allylic oxidation sites excluding steroid dienone is 5. The number of aliphatic carboxylic acids is 1. The summed E-state index contributed by atoms with van der Waals surface area (Å²) in [6.45, 7) is 11.4. The second-order valence-electron chi connectivity index (χ2n) is 17.7. The number of aromatic nitrogens is 1. The normalized spacial score (nSPS) is 40.1. The quantitative estimate of drug-likeness (QED) is 0.106. The molecule has 0 aromatic carbocycles. The lowest BCUT2D eigenvalue weighted by Gasteiger charge is -2.55. The van der Waals surface area contributed by atoms with E-state index >= 15 is 4.79 Å². The molecule has 6 aliphatic rings. The Morgan fingerprint density at radius 1 is 1.12 bits per heavy atom. The maximum atomic E-state index is 15.1. The van der Waals surface area contributed by atoms with Gasteiger partial charge in [0.25, 0.3) is 5.91 Å². The molecule has 3 heterocycles. The molecule has 0 radical (unpaired) electrons. The van der Waals surface area contributed by atoms with E-state index in [0.29, 0.717) is 32.1 Å². The molecule has 2 aliphatic heterocycles. The van der Waals surface area contributed by atoms with Gasteiger partial charge in [0, 0.05) is 35.9 Å². The zero-order valence-corrected chi connectivity index (χ0v) is 34.9. The van der Waals surface area contributed by atoms with Gasteiger partial charge in [-0.2, -0.15) is 0 Å². The van der Waals surface area contributed by atoms with Crippen molar-refractivity contribution in [2.24, 2.45) is 40.4 Å². The number of halogens is 1. The fourth-order valence-corrected chi connectivity index (χ4v) is 11.5. The standard InChI is InChI=1S/C45H57ClN2O10/c1-7-26-21-45-39(51)34(42(55)58-45)38(50)44(8-2)27(12-10-9-11-23(3)20-43(45,6)22-29(26)41(53)54)14-15-28-30(44)16-13-24(4)37(28)57-33-19-32(49)35(25(5)56-33)48-40(52)36-31(46)17-18-47-36/h9-10,14-15,17-18,20,22,24-28,30,32-33,35,37,47,49-50H,7-8,11-13,16,19,21H2,1-6H3,(H,48,52)(H,53,54). The number of hydrogen-bond donors (Lipinski definition) is 5. The molecule has 4 aliphatic carbocycles. The number of nitrogens with one attached hydrogen (secondary N) is 2. The summed E-state index contributed by atoms with van der Waals surface area (Å²) in [5.74, 6) is -4.56. The maximum absolute atomic E-state index is 15.1. The van der Waals surface area contributed by atoms with Crippen molar-refractivity contribution >= 4 is 35.2 Å². The summed E-state index contributed by atoms with van der Waals surface area (Å²) < 4.78 is 19.4. The first-order valence-corrected chi connectivity index (χ1v) is 21.2. The highest BCUT2D eigenvalue weighted by atomic mass is 35.5. The van der Waals surface area contributed by atoms with Gasteiger partial charge in [0.15, 0.2) is 11.9 Å². The molecule has 58 heavy (non-hydrogen) atoms. The van der Waals surface area contributed by atoms with E-state index in [0.717, 1.165) is 12.0 Å². The molecule has 314 valence electrons. The molecule has 1 amide bonds. The first-order valence-electron chi connectivity index (χ1n) is 20.8. The van der Waals surface area contributed by atoms with Crippen molar-refractivity contribution in [3.63, 3.8) is 0 Å². The Labute approximate surface area is 344 Å². The van der Waals surface area contributed by atoms with Crippen LogP contribution >= 0.6 is 11.6 Å². The van der Waals surface area contributed by atoms with Crippen molar-refractivity contribution < 1.29 is 48.7 Å². The van der Waals surface area contributed by atoms with Crippen molar-refractivity contribution in [3.05, 3.63) is 81.9 Å². The molecular formula is C45H57ClN2O10. The van der Waals surface area contributed by atoms with E-state index in [4.69, 9.17) is 25.8 Å². The number of amides is 1. The molecule has 1 aromatic heterocycles. The van der Waals surface area contributed by atoms with E-state index in [2.05, 4.69) is 41.5 Å². The second kappa shape index (κ2) is 15.9. The average Bonchev–Trinajstić information content (AvgIpc) is 3.72. The third-order valence-corrected chi connectivity index (χ3v) is 14.7. The number of ketones is 1. The van der Waals surface area contributed by atoms with Gasteiger partial charge in [0.2, 0.25) is 5.78 Å². The van der Waals surface area contributed by atoms with Crippen LogP contribution in [0, 0.1) is 40.4 Å². The van der Waals surface area contributed by atoms with Crippen LogP contribution in [0.5, 0.6) is 0 Å². The molecule has 1 aromatic rings. The maximum Gasteiger partial charge on any atom is 0.346 e. The summed E-state index contributed by atoms with van der Waals surface area (Å²) in [4.78, 5) is 57.7. The van der Waals surface area contributed by atoms with Crippen LogP contribution in [0.3, 0.4) is 0 Å². The van der Waals surface area contributed by atoms with Gasteiger partial charge in [0.1, 0.15) is 17.0 Å². The zero-order valence-electron chi connectivity index (χ0n) is 34.1. The lowest BCUT2D eigenvalue weighted by Crippen LogP contribution is -2.58. The molecule has 5 N–H and O–H groups in total. The number of aliphatic hydroxyl groups is 2. The number of carbonyl (C=O) groups is 4. The van der Waals surface area contributed by atoms with E-state index in [-0.39, 0.29) is 64.1 Å². The Morgan fingerprint density at radius 2 is 1.88 bits per heavy atom. The van der Waals surface area contributed by atoms with Crippen LogP contribution in [0.2, 0.25) is 5.02 Å². The molecule has 1 saturated carbocycles. The van der Waals surface area contributed by atoms with Gasteiger partial charge >= 0.3 is 11.9 Å². The Bertz CT molecular complexity index is 1990. The predicted molar refractivity (Wildman–Crippen MR) is 215 cm³/mol. The molecule has 13 unspecified atom stereocenters. The van der Waals surface area contributed by atoms with Gasteiger partial charge in [-0.1, -0.05) is 74.4 Å². The fraction of sp³-hybridized carbons (Fsp3) is 0.600. The van der Waals surface area contributed by atoms with Gasteiger partial charge in [-0.3, -0.25) is 9.59 Å². The molecule has 2 bridgehead atoms. The first-order chi connectivity index (χ1) is 27.5. The van der Waals surface area contributed by atoms with Gasteiger partial charge in [0.05, 0.1) is 34.8 Å². The van der Waals surface area contributed by atoms with Crippen LogP contribution in [-0.4, -0.2) is 80.2 Å². The van der Waals surface area contributed by atoms with E-state index < -0.39 is 76.6 Å². The highest BCUT2D eigenvalue weighted by molar-refractivity contribution is 6.33. The van der Waals surface area contributed by atoms with E-state index in [1.54, 1.807) is 32.2 Å². The fourth-order valence-electron chi connectivity index (χ4n) is 11.3. The minimum atomic E-state index is -1.74. The smallest absolute Gasteiger partial charge is 0.346 e. The second-order valence-corrected chi connectivity index (χ2v) is 18.1. The number of aliphatic hydroxyl groups excluding tert-OH is 2. The summed E-state index contributed by atoms with van der Waals surface area (Å²) in [5.41, 5.74) is -3.16. The van der Waals surface area contributed by atoms with Gasteiger partial charge in [-0.05, 0) is 89.0 Å². The Morgan fingerprint density at radius 3 is 2.53 bits per heavy atom. The summed E-state index contributed by atoms with van der Waals surface area (Å²) in [6, 6.07) is 0.863. The number of aromatic amines is 1. The number of Topliss-reactive ketones (excluding diaryl/α,β-unsaturated/α-hetero) is 1. The highest BCUT2D eigenvalue weighted by Crippen LogP contribution is 2.61. The Kier molecular flexibility index (Phi) is 11.6. The third-order valence-electron chi connectivity index (χ3n) is 14.4. The van der Waals surface area contributed by atoms with Gasteiger partial charge < -0.3 is 39.8 Å². The van der Waals surface area contributed by atoms with Crippen molar-refractivity contribution in [1.82, 2.24) is 10.3 Å². The zero-order chi connectivity index (χ0) is 41.9. The molecule has 1 spiro atoms. The first kappa shape index (κ1) is 42.2. The number of carboxylic acid groups (broad SMARTS) is 1. The van der Waals surface area contributed by atoms with Crippen LogP contribution in [0.15, 0.2) is 71.2 Å². The predicted octanol–water partition coefficient (Wildman–Crippen LogP) is 7.31. The lowest BCUT2D eigenvalue weighted by atomic mass is 9.51. The van der Waals surface area contributed by atoms with Crippen molar-refractivity contribution in [1.29, 1.82) is 0 Å². The van der Waals surface area contributed by atoms with Gasteiger partial charge in [-0.15, -0.1) is 0 Å². The number of rotatable bonds is 7. The van der Waals surface area contributed by atoms with Crippen LogP contribution in [0.1, 0.15) is 103 Å².